The van der Waals surface area contributed by atoms with Gasteiger partial charge in [0.05, 0.1) is 4.90 Å². The van der Waals surface area contributed by atoms with E-state index in [0.717, 1.165) is 6.08 Å². The predicted octanol–water partition coefficient (Wildman–Crippen LogP) is 4.29. The number of rotatable bonds is 3. The topological polar surface area (TPSA) is 34.1 Å². The van der Waals surface area contributed by atoms with E-state index >= 15 is 0 Å². The van der Waals surface area contributed by atoms with Crippen LogP contribution < -0.4 is 0 Å². The van der Waals surface area contributed by atoms with Crippen LogP contribution in [0.15, 0.2) is 94.6 Å². The summed E-state index contributed by atoms with van der Waals surface area (Å²) >= 11 is 0. The number of allylic oxidation sites excluding steroid dienone is 9. The second-order valence-corrected chi connectivity index (χ2v) is 6.31. The fourth-order valence-corrected chi connectivity index (χ4v) is 2.76. The number of hydrogen-bond donors (Lipinski definition) is 0. The molecule has 3 rings (SSSR count). The third kappa shape index (κ3) is 5.79. The van der Waals surface area contributed by atoms with Crippen molar-refractivity contribution in [3.8, 4) is 0 Å². The molecule has 0 spiro atoms. The van der Waals surface area contributed by atoms with Crippen LogP contribution >= 0.6 is 0 Å². The number of benzene rings is 1. The van der Waals surface area contributed by atoms with Crippen molar-refractivity contribution >= 4 is 9.84 Å². The van der Waals surface area contributed by atoms with Gasteiger partial charge >= 0.3 is 0 Å². The maximum Gasteiger partial charge on any atom is 0.233 e. The van der Waals surface area contributed by atoms with Gasteiger partial charge in [-0.1, -0.05) is 60.7 Å². The summed E-state index contributed by atoms with van der Waals surface area (Å²) in [6.07, 6.45) is 17.7. The van der Waals surface area contributed by atoms with Gasteiger partial charge in [0.1, 0.15) is 0 Å². The van der Waals surface area contributed by atoms with Crippen LogP contribution in [0.2, 0.25) is 0 Å². The van der Waals surface area contributed by atoms with Crippen LogP contribution in [0.1, 0.15) is 0 Å². The monoisotopic (exact) mass is 370 g/mol. The summed E-state index contributed by atoms with van der Waals surface area (Å²) < 4.78 is 37.3. The summed E-state index contributed by atoms with van der Waals surface area (Å²) in [7, 11) is -4.02. The second-order valence-electron chi connectivity index (χ2n) is 4.45. The van der Waals surface area contributed by atoms with Crippen LogP contribution in [0.5, 0.6) is 0 Å². The van der Waals surface area contributed by atoms with E-state index < -0.39 is 15.0 Å². The minimum absolute atomic E-state index is 0. The molecule has 0 aliphatic heterocycles. The molecule has 2 nitrogen and oxygen atoms in total. The van der Waals surface area contributed by atoms with Gasteiger partial charge in [-0.3, -0.25) is 0 Å². The molecule has 0 bridgehead atoms. The zero-order valence-corrected chi connectivity index (χ0v) is 14.0. The molecule has 0 heterocycles. The first-order valence-corrected chi connectivity index (χ1v) is 8.15. The zero-order valence-electron chi connectivity index (χ0n) is 12.1. The summed E-state index contributed by atoms with van der Waals surface area (Å²) in [4.78, 5) is -0.0414. The smallest absolute Gasteiger partial charge is 0.216 e. The van der Waals surface area contributed by atoms with Gasteiger partial charge < -0.3 is 0 Å². The Hall–Kier alpha value is -1.68. The first-order valence-electron chi connectivity index (χ1n) is 6.66. The molecule has 120 valence electrons. The summed E-state index contributed by atoms with van der Waals surface area (Å²) in [6, 6.07) is 7.53. The Balaban J connectivity index is 0.000000377. The van der Waals surface area contributed by atoms with Crippen molar-refractivity contribution in [3.63, 3.8) is 0 Å². The van der Waals surface area contributed by atoms with Crippen molar-refractivity contribution in [2.24, 2.45) is 0 Å². The first-order chi connectivity index (χ1) is 10.6. The van der Waals surface area contributed by atoms with Crippen molar-refractivity contribution in [2.45, 2.75) is 4.90 Å². The molecule has 0 saturated heterocycles. The molecular formula is C18H15FFeO2S. The van der Waals surface area contributed by atoms with E-state index in [4.69, 9.17) is 0 Å². The van der Waals surface area contributed by atoms with Crippen LogP contribution in [0.25, 0.3) is 0 Å². The second kappa shape index (κ2) is 9.46. The van der Waals surface area contributed by atoms with E-state index in [1.54, 1.807) is 42.8 Å². The van der Waals surface area contributed by atoms with Crippen molar-refractivity contribution in [1.82, 2.24) is 0 Å². The van der Waals surface area contributed by atoms with Crippen LogP contribution in [-0.2, 0) is 26.9 Å². The van der Waals surface area contributed by atoms with E-state index in [1.165, 1.54) is 12.1 Å². The molecule has 1 aromatic rings. The van der Waals surface area contributed by atoms with Crippen molar-refractivity contribution in [3.05, 3.63) is 103 Å². The standard InChI is InChI=1S/C13H10FO2S.C5H5.Fe/c14-13(10-11-6-4-5-7-11)17(15,16)12-8-2-1-3-9-12;1-2-4-5-3-1;/h1-10H;1-5H;/b13-10+;;. The molecule has 0 fully saturated rings. The van der Waals surface area contributed by atoms with Crippen LogP contribution in [-0.4, -0.2) is 8.42 Å². The van der Waals surface area contributed by atoms with Gasteiger partial charge in [-0.2, -0.15) is 4.39 Å². The van der Waals surface area contributed by atoms with Crippen LogP contribution in [0, 0.1) is 12.8 Å². The molecule has 0 N–H and O–H groups in total. The molecule has 2 aliphatic rings. The number of sulfone groups is 1. The summed E-state index contributed by atoms with van der Waals surface area (Å²) in [6.45, 7) is 0. The van der Waals surface area contributed by atoms with Crippen LogP contribution in [0.3, 0.4) is 0 Å². The van der Waals surface area contributed by atoms with E-state index in [0.29, 0.717) is 5.57 Å². The number of hydrogen-bond acceptors (Lipinski definition) is 2. The maximum atomic E-state index is 13.7. The number of halogens is 1. The van der Waals surface area contributed by atoms with Gasteiger partial charge in [0.25, 0.3) is 0 Å². The van der Waals surface area contributed by atoms with E-state index in [9.17, 15) is 12.8 Å². The van der Waals surface area contributed by atoms with Gasteiger partial charge in [-0.15, -0.1) is 0 Å². The Morgan fingerprint density at radius 1 is 0.913 bits per heavy atom. The van der Waals surface area contributed by atoms with Gasteiger partial charge in [0.2, 0.25) is 15.0 Å². The molecule has 0 unspecified atom stereocenters. The van der Waals surface area contributed by atoms with Gasteiger partial charge in [-0.25, -0.2) is 8.42 Å². The largest absolute Gasteiger partial charge is 0.233 e. The molecule has 23 heavy (non-hydrogen) atoms. The molecule has 0 aromatic heterocycles. The Bertz CT molecular complexity index is 747. The van der Waals surface area contributed by atoms with Crippen molar-refractivity contribution in [2.75, 3.05) is 0 Å². The summed E-state index contributed by atoms with van der Waals surface area (Å²) in [5.41, 5.74) is 0.530. The van der Waals surface area contributed by atoms with E-state index in [1.807, 2.05) is 30.7 Å². The fourth-order valence-electron chi connectivity index (χ4n) is 1.73. The normalized spacial score (nSPS) is 15.7. The predicted molar refractivity (Wildman–Crippen MR) is 86.9 cm³/mol. The van der Waals surface area contributed by atoms with Crippen molar-refractivity contribution in [1.29, 1.82) is 0 Å². The minimum atomic E-state index is -4.02. The molecule has 1 aromatic carbocycles. The molecular weight excluding hydrogens is 355 g/mol. The molecule has 2 aliphatic carbocycles. The Morgan fingerprint density at radius 3 is 2.04 bits per heavy atom. The summed E-state index contributed by atoms with van der Waals surface area (Å²) in [5, 5.41) is -1.14. The maximum absolute atomic E-state index is 13.7. The van der Waals surface area contributed by atoms with Gasteiger partial charge in [-0.05, 0) is 23.8 Å². The average Bonchev–Trinajstić information content (AvgIpc) is 3.24. The molecule has 0 atom stereocenters. The average molecular weight is 370 g/mol. The molecule has 5 heteroatoms. The summed E-state index contributed by atoms with van der Waals surface area (Å²) in [5.74, 6) is 0. The SMILES string of the molecule is O=S(=O)(/C(F)=C/C1=C[CH]C=C1)c1ccccc1.[CH]1C=CC=C1.[Fe]. The molecule has 0 saturated carbocycles. The Labute approximate surface area is 147 Å². The Morgan fingerprint density at radius 2 is 1.57 bits per heavy atom. The third-order valence-corrected chi connectivity index (χ3v) is 4.36. The van der Waals surface area contributed by atoms with Crippen LogP contribution in [0.4, 0.5) is 4.39 Å². The minimum Gasteiger partial charge on any atom is -0.216 e. The Kier molecular flexibility index (Phi) is 7.96. The van der Waals surface area contributed by atoms with E-state index in [2.05, 4.69) is 0 Å². The van der Waals surface area contributed by atoms with Gasteiger partial charge in [0.15, 0.2) is 0 Å². The first kappa shape index (κ1) is 19.4. The fraction of sp³-hybridized carbons (Fsp3) is 0. The van der Waals surface area contributed by atoms with Gasteiger partial charge in [0, 0.05) is 29.9 Å². The quantitative estimate of drug-likeness (QED) is 0.744. The molecule has 0 amide bonds. The molecule has 2 radical (unpaired) electrons. The third-order valence-electron chi connectivity index (χ3n) is 2.83. The zero-order chi connectivity index (χ0) is 15.8. The van der Waals surface area contributed by atoms with E-state index in [-0.39, 0.29) is 22.0 Å². The van der Waals surface area contributed by atoms with Crippen molar-refractivity contribution < 1.29 is 29.9 Å².